The second-order valence-corrected chi connectivity index (χ2v) is 6.04. The maximum atomic E-state index is 11.9. The lowest BCUT2D eigenvalue weighted by molar-refractivity contribution is 0.0233. The lowest BCUT2D eigenvalue weighted by atomic mass is 10.0. The third kappa shape index (κ3) is 3.85. The first-order valence-electron chi connectivity index (χ1n) is 7.85. The molecule has 5 nitrogen and oxygen atoms in total. The zero-order valence-electron chi connectivity index (χ0n) is 13.0. The fourth-order valence-electron chi connectivity index (χ4n) is 3.36. The van der Waals surface area contributed by atoms with Gasteiger partial charge in [-0.15, -0.1) is 0 Å². The van der Waals surface area contributed by atoms with Crippen LogP contribution in [-0.4, -0.2) is 67.9 Å². The first kappa shape index (κ1) is 15.6. The fourth-order valence-corrected chi connectivity index (χ4v) is 3.36. The summed E-state index contributed by atoms with van der Waals surface area (Å²) in [6.07, 6.45) is 3.37. The quantitative estimate of drug-likeness (QED) is 0.774. The summed E-state index contributed by atoms with van der Waals surface area (Å²) in [5.41, 5.74) is 0. The van der Waals surface area contributed by atoms with Gasteiger partial charge in [0, 0.05) is 38.2 Å². The highest BCUT2D eigenvalue weighted by molar-refractivity contribution is 5.67. The normalized spacial score (nSPS) is 28.9. The van der Waals surface area contributed by atoms with Gasteiger partial charge in [0.25, 0.3) is 0 Å². The summed E-state index contributed by atoms with van der Waals surface area (Å²) in [7, 11) is 2.13. The van der Waals surface area contributed by atoms with Crippen LogP contribution in [0.5, 0.6) is 0 Å². The molecule has 2 fully saturated rings. The third-order valence-electron chi connectivity index (χ3n) is 4.47. The highest BCUT2D eigenvalue weighted by Gasteiger charge is 2.34. The molecule has 5 heteroatoms. The number of likely N-dealkylation sites (tertiary alicyclic amines) is 2. The SMILES string of the molecule is CCO[C@@H](C)[C@@H]1C[C@H](COC(=O)N2CCCC2)CN1C. The largest absolute Gasteiger partial charge is 0.449 e. The second-order valence-electron chi connectivity index (χ2n) is 6.04. The number of hydrogen-bond acceptors (Lipinski definition) is 4. The van der Waals surface area contributed by atoms with Gasteiger partial charge in [-0.05, 0) is 40.2 Å². The minimum Gasteiger partial charge on any atom is -0.449 e. The molecule has 0 aromatic heterocycles. The van der Waals surface area contributed by atoms with Crippen molar-refractivity contribution >= 4 is 6.09 Å². The van der Waals surface area contributed by atoms with E-state index in [0.29, 0.717) is 18.6 Å². The summed E-state index contributed by atoms with van der Waals surface area (Å²) in [5, 5.41) is 0. The molecule has 0 spiro atoms. The highest BCUT2D eigenvalue weighted by Crippen LogP contribution is 2.26. The van der Waals surface area contributed by atoms with Crippen LogP contribution in [0, 0.1) is 5.92 Å². The topological polar surface area (TPSA) is 42.0 Å². The van der Waals surface area contributed by atoms with E-state index in [0.717, 1.165) is 45.5 Å². The Labute approximate surface area is 122 Å². The van der Waals surface area contributed by atoms with E-state index in [9.17, 15) is 4.79 Å². The van der Waals surface area contributed by atoms with Gasteiger partial charge in [-0.2, -0.15) is 0 Å². The van der Waals surface area contributed by atoms with Gasteiger partial charge in [0.1, 0.15) is 0 Å². The summed E-state index contributed by atoms with van der Waals surface area (Å²) in [5.74, 6) is 0.430. The van der Waals surface area contributed by atoms with Crippen molar-refractivity contribution in [1.29, 1.82) is 0 Å². The molecule has 2 aliphatic rings. The second kappa shape index (κ2) is 7.27. The molecule has 2 rings (SSSR count). The van der Waals surface area contributed by atoms with E-state index in [-0.39, 0.29) is 12.2 Å². The Kier molecular flexibility index (Phi) is 5.66. The standard InChI is InChI=1S/C15H28N2O3/c1-4-19-12(2)14-9-13(10-16(14)3)11-20-15(18)17-7-5-6-8-17/h12-14H,4-11H2,1-3H3/t12-,13-,14-/m0/s1. The lowest BCUT2D eigenvalue weighted by Gasteiger charge is -2.25. The number of likely N-dealkylation sites (N-methyl/N-ethyl adjacent to an activating group) is 1. The molecule has 0 aromatic carbocycles. The number of carbonyl (C=O) groups excluding carboxylic acids is 1. The van der Waals surface area contributed by atoms with Crippen LogP contribution in [0.2, 0.25) is 0 Å². The van der Waals surface area contributed by atoms with Crippen molar-refractivity contribution in [3.8, 4) is 0 Å². The Balaban J connectivity index is 1.73. The minimum absolute atomic E-state index is 0.133. The van der Waals surface area contributed by atoms with Crippen molar-refractivity contribution in [2.24, 2.45) is 5.92 Å². The van der Waals surface area contributed by atoms with E-state index >= 15 is 0 Å². The van der Waals surface area contributed by atoms with E-state index in [2.05, 4.69) is 18.9 Å². The first-order valence-corrected chi connectivity index (χ1v) is 7.85. The number of nitrogens with zero attached hydrogens (tertiary/aromatic N) is 2. The third-order valence-corrected chi connectivity index (χ3v) is 4.47. The summed E-state index contributed by atoms with van der Waals surface area (Å²) in [6, 6.07) is 0.436. The average Bonchev–Trinajstić information content (AvgIpc) is 3.05. The van der Waals surface area contributed by atoms with Crippen LogP contribution < -0.4 is 0 Å². The van der Waals surface area contributed by atoms with Crippen molar-refractivity contribution in [2.75, 3.05) is 39.9 Å². The van der Waals surface area contributed by atoms with Crippen LogP contribution in [0.4, 0.5) is 4.79 Å². The highest BCUT2D eigenvalue weighted by atomic mass is 16.6. The molecule has 116 valence electrons. The summed E-state index contributed by atoms with van der Waals surface area (Å²) < 4.78 is 11.2. The van der Waals surface area contributed by atoms with Crippen LogP contribution >= 0.6 is 0 Å². The van der Waals surface area contributed by atoms with Crippen molar-refractivity contribution < 1.29 is 14.3 Å². The van der Waals surface area contributed by atoms with Crippen LogP contribution in [0.1, 0.15) is 33.1 Å². The monoisotopic (exact) mass is 284 g/mol. The molecule has 2 heterocycles. The minimum atomic E-state index is -0.133. The number of carbonyl (C=O) groups is 1. The average molecular weight is 284 g/mol. The summed E-state index contributed by atoms with van der Waals surface area (Å²) in [6.45, 7) is 8.13. The number of ether oxygens (including phenoxy) is 2. The molecular formula is C15H28N2O3. The zero-order chi connectivity index (χ0) is 14.5. The molecule has 2 aliphatic heterocycles. The molecular weight excluding hydrogens is 256 g/mol. The van der Waals surface area contributed by atoms with Crippen molar-refractivity contribution in [3.63, 3.8) is 0 Å². The van der Waals surface area contributed by atoms with E-state index < -0.39 is 0 Å². The van der Waals surface area contributed by atoms with Gasteiger partial charge >= 0.3 is 6.09 Å². The van der Waals surface area contributed by atoms with Gasteiger partial charge in [0.15, 0.2) is 0 Å². The molecule has 2 saturated heterocycles. The Morgan fingerprint density at radius 2 is 2.05 bits per heavy atom. The van der Waals surface area contributed by atoms with Crippen molar-refractivity contribution in [1.82, 2.24) is 9.80 Å². The van der Waals surface area contributed by atoms with Gasteiger partial charge in [0.2, 0.25) is 0 Å². The summed E-state index contributed by atoms with van der Waals surface area (Å²) >= 11 is 0. The molecule has 0 N–H and O–H groups in total. The van der Waals surface area contributed by atoms with E-state index in [1.54, 1.807) is 0 Å². The molecule has 3 atom stereocenters. The molecule has 0 radical (unpaired) electrons. The van der Waals surface area contributed by atoms with E-state index in [1.807, 2.05) is 11.8 Å². The molecule has 0 bridgehead atoms. The summed E-state index contributed by atoms with van der Waals surface area (Å²) in [4.78, 5) is 16.0. The lowest BCUT2D eigenvalue weighted by Crippen LogP contribution is -2.36. The first-order chi connectivity index (χ1) is 9.61. The molecule has 0 saturated carbocycles. The van der Waals surface area contributed by atoms with Gasteiger partial charge in [-0.3, -0.25) is 0 Å². The van der Waals surface area contributed by atoms with E-state index in [4.69, 9.17) is 9.47 Å². The molecule has 0 aromatic rings. The molecule has 1 amide bonds. The Morgan fingerprint density at radius 3 is 2.70 bits per heavy atom. The van der Waals surface area contributed by atoms with Gasteiger partial charge in [-0.1, -0.05) is 0 Å². The fraction of sp³-hybridized carbons (Fsp3) is 0.933. The maximum absolute atomic E-state index is 11.9. The van der Waals surface area contributed by atoms with E-state index in [1.165, 1.54) is 0 Å². The maximum Gasteiger partial charge on any atom is 0.409 e. The van der Waals surface area contributed by atoms with Crippen molar-refractivity contribution in [2.45, 2.75) is 45.3 Å². The molecule has 0 aliphatic carbocycles. The molecule has 20 heavy (non-hydrogen) atoms. The van der Waals surface area contributed by atoms with Gasteiger partial charge in [0.05, 0.1) is 12.7 Å². The van der Waals surface area contributed by atoms with Crippen LogP contribution in [0.3, 0.4) is 0 Å². The Morgan fingerprint density at radius 1 is 1.35 bits per heavy atom. The van der Waals surface area contributed by atoms with Crippen LogP contribution in [0.15, 0.2) is 0 Å². The van der Waals surface area contributed by atoms with Gasteiger partial charge < -0.3 is 19.3 Å². The Bertz CT molecular complexity index is 318. The van der Waals surface area contributed by atoms with Crippen LogP contribution in [-0.2, 0) is 9.47 Å². The predicted molar refractivity (Wildman–Crippen MR) is 77.8 cm³/mol. The number of rotatable bonds is 5. The number of amides is 1. The number of hydrogen-bond donors (Lipinski definition) is 0. The molecule has 0 unspecified atom stereocenters. The predicted octanol–water partition coefficient (Wildman–Crippen LogP) is 1.96. The van der Waals surface area contributed by atoms with Gasteiger partial charge in [-0.25, -0.2) is 4.79 Å². The Hall–Kier alpha value is -0.810. The van der Waals surface area contributed by atoms with Crippen molar-refractivity contribution in [3.05, 3.63) is 0 Å². The van der Waals surface area contributed by atoms with Crippen LogP contribution in [0.25, 0.3) is 0 Å². The smallest absolute Gasteiger partial charge is 0.409 e. The zero-order valence-corrected chi connectivity index (χ0v) is 13.0.